The molecular formula is C15H20N2O2. The Bertz CT molecular complexity index is 469. The van der Waals surface area contributed by atoms with Crippen LogP contribution < -0.4 is 0 Å². The average Bonchev–Trinajstić information content (AvgIpc) is 3.08. The maximum absolute atomic E-state index is 12.4. The number of nitrogens with zero attached hydrogens (tertiary/aromatic N) is 2. The summed E-state index contributed by atoms with van der Waals surface area (Å²) in [6, 6.07) is 7.16. The number of amides is 1. The predicted molar refractivity (Wildman–Crippen MR) is 73.2 cm³/mol. The molecule has 19 heavy (non-hydrogen) atoms. The Morgan fingerprint density at radius 1 is 1.21 bits per heavy atom. The molecule has 102 valence electrons. The zero-order valence-electron chi connectivity index (χ0n) is 11.1. The molecule has 1 N–H and O–H groups in total. The number of likely N-dealkylation sites (tertiary alicyclic amines) is 2. The van der Waals surface area contributed by atoms with Crippen LogP contribution in [0.2, 0.25) is 0 Å². The van der Waals surface area contributed by atoms with Crippen molar-refractivity contribution < 1.29 is 9.90 Å². The Balaban J connectivity index is 1.65. The lowest BCUT2D eigenvalue weighted by molar-refractivity contribution is 0.0779. The van der Waals surface area contributed by atoms with E-state index >= 15 is 0 Å². The van der Waals surface area contributed by atoms with E-state index in [4.69, 9.17) is 0 Å². The third-order valence-electron chi connectivity index (χ3n) is 4.20. The van der Waals surface area contributed by atoms with Gasteiger partial charge < -0.3 is 10.0 Å². The van der Waals surface area contributed by atoms with Crippen molar-refractivity contribution in [3.8, 4) is 5.75 Å². The lowest BCUT2D eigenvalue weighted by Gasteiger charge is -2.23. The largest absolute Gasteiger partial charge is 0.508 e. The summed E-state index contributed by atoms with van der Waals surface area (Å²) in [6.45, 7) is 4.02. The van der Waals surface area contributed by atoms with E-state index in [1.54, 1.807) is 24.3 Å². The molecule has 0 aliphatic carbocycles. The number of phenols is 1. The molecule has 0 bridgehead atoms. The maximum Gasteiger partial charge on any atom is 0.254 e. The summed E-state index contributed by atoms with van der Waals surface area (Å²) < 4.78 is 0. The highest BCUT2D eigenvalue weighted by molar-refractivity contribution is 5.94. The summed E-state index contributed by atoms with van der Waals surface area (Å²) in [4.78, 5) is 16.8. The van der Waals surface area contributed by atoms with Crippen molar-refractivity contribution >= 4 is 5.91 Å². The van der Waals surface area contributed by atoms with Crippen LogP contribution >= 0.6 is 0 Å². The fraction of sp³-hybridized carbons (Fsp3) is 0.533. The average molecular weight is 260 g/mol. The minimum Gasteiger partial charge on any atom is -0.508 e. The number of carbonyl (C=O) groups is 1. The van der Waals surface area contributed by atoms with Crippen molar-refractivity contribution in [3.63, 3.8) is 0 Å². The fourth-order valence-electron chi connectivity index (χ4n) is 3.15. The normalized spacial score (nSPS) is 24.0. The SMILES string of the molecule is O=C(c1cccc(O)c1)N1CCC(N2CCCC2)C1. The summed E-state index contributed by atoms with van der Waals surface area (Å²) in [5, 5.41) is 9.45. The molecule has 2 saturated heterocycles. The van der Waals surface area contributed by atoms with Crippen LogP contribution in [0, 0.1) is 0 Å². The topological polar surface area (TPSA) is 43.8 Å². The molecule has 1 unspecified atom stereocenters. The lowest BCUT2D eigenvalue weighted by Crippen LogP contribution is -2.37. The molecule has 4 heteroatoms. The number of rotatable bonds is 2. The van der Waals surface area contributed by atoms with Crippen molar-refractivity contribution in [2.45, 2.75) is 25.3 Å². The fourth-order valence-corrected chi connectivity index (χ4v) is 3.15. The van der Waals surface area contributed by atoms with Gasteiger partial charge in [-0.15, -0.1) is 0 Å². The number of hydrogen-bond donors (Lipinski definition) is 1. The van der Waals surface area contributed by atoms with Gasteiger partial charge in [0, 0.05) is 24.7 Å². The second-order valence-corrected chi connectivity index (χ2v) is 5.49. The monoisotopic (exact) mass is 260 g/mol. The summed E-state index contributed by atoms with van der Waals surface area (Å²) >= 11 is 0. The summed E-state index contributed by atoms with van der Waals surface area (Å²) in [6.07, 6.45) is 3.65. The zero-order chi connectivity index (χ0) is 13.2. The Kier molecular flexibility index (Phi) is 3.42. The van der Waals surface area contributed by atoms with E-state index < -0.39 is 0 Å². The van der Waals surface area contributed by atoms with Gasteiger partial charge in [-0.3, -0.25) is 9.69 Å². The molecular weight excluding hydrogens is 240 g/mol. The van der Waals surface area contributed by atoms with Gasteiger partial charge in [-0.25, -0.2) is 0 Å². The van der Waals surface area contributed by atoms with E-state index in [0.29, 0.717) is 11.6 Å². The molecule has 1 aromatic rings. The number of aromatic hydroxyl groups is 1. The van der Waals surface area contributed by atoms with Crippen molar-refractivity contribution in [2.24, 2.45) is 0 Å². The van der Waals surface area contributed by atoms with Crippen molar-refractivity contribution in [1.82, 2.24) is 9.80 Å². The highest BCUT2D eigenvalue weighted by Crippen LogP contribution is 2.22. The first-order chi connectivity index (χ1) is 9.24. The molecule has 3 rings (SSSR count). The molecule has 0 aromatic heterocycles. The second kappa shape index (κ2) is 5.21. The van der Waals surface area contributed by atoms with Crippen molar-refractivity contribution in [3.05, 3.63) is 29.8 Å². The van der Waals surface area contributed by atoms with Gasteiger partial charge in [0.2, 0.25) is 0 Å². The molecule has 0 spiro atoms. The minimum atomic E-state index is 0.0394. The lowest BCUT2D eigenvalue weighted by atomic mass is 10.2. The smallest absolute Gasteiger partial charge is 0.254 e. The van der Waals surface area contributed by atoms with E-state index in [-0.39, 0.29) is 11.7 Å². The second-order valence-electron chi connectivity index (χ2n) is 5.49. The first kappa shape index (κ1) is 12.5. The molecule has 2 fully saturated rings. The van der Waals surface area contributed by atoms with E-state index in [9.17, 15) is 9.90 Å². The molecule has 2 aliphatic rings. The molecule has 0 saturated carbocycles. The summed E-state index contributed by atoms with van der Waals surface area (Å²) in [7, 11) is 0. The number of hydrogen-bond acceptors (Lipinski definition) is 3. The van der Waals surface area contributed by atoms with Crippen LogP contribution in [0.4, 0.5) is 0 Å². The predicted octanol–water partition coefficient (Wildman–Crippen LogP) is 1.70. The third kappa shape index (κ3) is 2.59. The van der Waals surface area contributed by atoms with Crippen molar-refractivity contribution in [2.75, 3.05) is 26.2 Å². The van der Waals surface area contributed by atoms with E-state index in [0.717, 1.165) is 19.5 Å². The Morgan fingerprint density at radius 3 is 2.74 bits per heavy atom. The van der Waals surface area contributed by atoms with Gasteiger partial charge in [0.25, 0.3) is 5.91 Å². The number of carbonyl (C=O) groups excluding carboxylic acids is 1. The third-order valence-corrected chi connectivity index (χ3v) is 4.20. The quantitative estimate of drug-likeness (QED) is 0.880. The Morgan fingerprint density at radius 2 is 2.00 bits per heavy atom. The highest BCUT2D eigenvalue weighted by Gasteiger charge is 2.31. The van der Waals surface area contributed by atoms with Gasteiger partial charge in [0.15, 0.2) is 0 Å². The van der Waals surface area contributed by atoms with Crippen LogP contribution in [-0.2, 0) is 0 Å². The molecule has 2 heterocycles. The first-order valence-corrected chi connectivity index (χ1v) is 7.06. The van der Waals surface area contributed by atoms with Crippen LogP contribution in [0.25, 0.3) is 0 Å². The van der Waals surface area contributed by atoms with Gasteiger partial charge in [0.1, 0.15) is 5.75 Å². The number of phenolic OH excluding ortho intramolecular Hbond substituents is 1. The standard InChI is InChI=1S/C15H20N2O2/c18-14-5-3-4-12(10-14)15(19)17-9-6-13(11-17)16-7-1-2-8-16/h3-5,10,13,18H,1-2,6-9,11H2. The number of benzene rings is 1. The molecule has 1 atom stereocenters. The van der Waals surface area contributed by atoms with Gasteiger partial charge in [-0.1, -0.05) is 6.07 Å². The van der Waals surface area contributed by atoms with E-state index in [2.05, 4.69) is 4.90 Å². The van der Waals surface area contributed by atoms with Crippen LogP contribution in [0.3, 0.4) is 0 Å². The van der Waals surface area contributed by atoms with Gasteiger partial charge >= 0.3 is 0 Å². The highest BCUT2D eigenvalue weighted by atomic mass is 16.3. The molecule has 1 aromatic carbocycles. The summed E-state index contributed by atoms with van der Waals surface area (Å²) in [5.74, 6) is 0.193. The first-order valence-electron chi connectivity index (χ1n) is 7.06. The van der Waals surface area contributed by atoms with Crippen molar-refractivity contribution in [1.29, 1.82) is 0 Å². The zero-order valence-corrected chi connectivity index (χ0v) is 11.1. The summed E-state index contributed by atoms with van der Waals surface area (Å²) in [5.41, 5.74) is 0.585. The van der Waals surface area contributed by atoms with Gasteiger partial charge in [-0.2, -0.15) is 0 Å². The van der Waals surface area contributed by atoms with E-state index in [1.165, 1.54) is 25.9 Å². The maximum atomic E-state index is 12.4. The van der Waals surface area contributed by atoms with Crippen LogP contribution in [0.5, 0.6) is 5.75 Å². The molecule has 2 aliphatic heterocycles. The molecule has 4 nitrogen and oxygen atoms in total. The molecule has 1 amide bonds. The van der Waals surface area contributed by atoms with Crippen LogP contribution in [0.15, 0.2) is 24.3 Å². The van der Waals surface area contributed by atoms with E-state index in [1.807, 2.05) is 4.90 Å². The minimum absolute atomic E-state index is 0.0394. The molecule has 0 radical (unpaired) electrons. The Hall–Kier alpha value is -1.55. The van der Waals surface area contributed by atoms with Crippen LogP contribution in [-0.4, -0.2) is 53.0 Å². The van der Waals surface area contributed by atoms with Gasteiger partial charge in [0.05, 0.1) is 0 Å². The Labute approximate surface area is 113 Å². The van der Waals surface area contributed by atoms with Gasteiger partial charge in [-0.05, 0) is 50.6 Å². The van der Waals surface area contributed by atoms with Crippen LogP contribution in [0.1, 0.15) is 29.6 Å².